The number of aliphatic imine (C=N–C) groups is 1. The van der Waals surface area contributed by atoms with Gasteiger partial charge >= 0.3 is 5.97 Å². The molecule has 1 aliphatic heterocycles. The average Bonchev–Trinajstić information content (AvgIpc) is 3.04. The highest BCUT2D eigenvalue weighted by Crippen LogP contribution is 2.19. The van der Waals surface area contributed by atoms with Crippen LogP contribution in [0.2, 0.25) is 0 Å². The number of rotatable bonds is 5. The van der Waals surface area contributed by atoms with E-state index in [0.717, 1.165) is 38.4 Å². The summed E-state index contributed by atoms with van der Waals surface area (Å²) in [6.07, 6.45) is 5.54. The van der Waals surface area contributed by atoms with Crippen LogP contribution in [0.5, 0.6) is 0 Å². The predicted molar refractivity (Wildman–Crippen MR) is 113 cm³/mol. The summed E-state index contributed by atoms with van der Waals surface area (Å²) in [5, 5.41) is 7.74. The molecular formula is C17H31IN6O2. The van der Waals surface area contributed by atoms with E-state index in [1.165, 1.54) is 12.7 Å². The van der Waals surface area contributed by atoms with Crippen molar-refractivity contribution in [2.45, 2.75) is 18.9 Å². The number of hydrogen-bond acceptors (Lipinski definition) is 5. The summed E-state index contributed by atoms with van der Waals surface area (Å²) in [4.78, 5) is 20.4. The Morgan fingerprint density at radius 2 is 2.12 bits per heavy atom. The van der Waals surface area contributed by atoms with Crippen molar-refractivity contribution in [3.8, 4) is 0 Å². The van der Waals surface area contributed by atoms with Gasteiger partial charge in [-0.1, -0.05) is 0 Å². The fourth-order valence-corrected chi connectivity index (χ4v) is 3.22. The molecule has 1 atom stereocenters. The maximum atomic E-state index is 11.7. The predicted octanol–water partition coefficient (Wildman–Crippen LogP) is 1.10. The molecule has 1 aromatic heterocycles. The minimum absolute atomic E-state index is 0. The lowest BCUT2D eigenvalue weighted by Crippen LogP contribution is -2.48. The second-order valence-corrected chi connectivity index (χ2v) is 6.64. The summed E-state index contributed by atoms with van der Waals surface area (Å²) in [5.41, 5.74) is 1.17. The van der Waals surface area contributed by atoms with Gasteiger partial charge in [0.2, 0.25) is 0 Å². The molecule has 26 heavy (non-hydrogen) atoms. The number of likely N-dealkylation sites (N-methyl/N-ethyl adjacent to an activating group) is 1. The standard InChI is InChI=1S/C17H30N6O2.HI/c1-18-17(23-8-6-13(7-9-23)16(24)25-5)19-11-15(21(2)3)14-10-20-22(4)12-14;/h10,12-13,15H,6-9,11H2,1-5H3,(H,18,19);1H. The minimum Gasteiger partial charge on any atom is -0.469 e. The Bertz CT molecular complexity index is 596. The molecule has 1 saturated heterocycles. The lowest BCUT2D eigenvalue weighted by molar-refractivity contribution is -0.146. The zero-order chi connectivity index (χ0) is 18.4. The number of methoxy groups -OCH3 is 1. The molecule has 9 heteroatoms. The molecule has 1 aromatic rings. The zero-order valence-electron chi connectivity index (χ0n) is 16.3. The first-order chi connectivity index (χ1) is 12.0. The first kappa shape index (κ1) is 22.7. The molecule has 1 fully saturated rings. The number of nitrogens with one attached hydrogen (secondary N) is 1. The highest BCUT2D eigenvalue weighted by atomic mass is 127. The lowest BCUT2D eigenvalue weighted by atomic mass is 9.97. The normalized spacial score (nSPS) is 17.0. The fourth-order valence-electron chi connectivity index (χ4n) is 3.22. The summed E-state index contributed by atoms with van der Waals surface area (Å²) in [7, 11) is 9.29. The quantitative estimate of drug-likeness (QED) is 0.296. The van der Waals surface area contributed by atoms with Crippen molar-refractivity contribution in [1.82, 2.24) is 24.9 Å². The van der Waals surface area contributed by atoms with Crippen LogP contribution in [-0.2, 0) is 16.6 Å². The summed E-state index contributed by atoms with van der Waals surface area (Å²) in [6.45, 7) is 2.35. The number of guanidine groups is 1. The van der Waals surface area contributed by atoms with E-state index in [4.69, 9.17) is 4.74 Å². The van der Waals surface area contributed by atoms with Crippen molar-refractivity contribution >= 4 is 35.9 Å². The van der Waals surface area contributed by atoms with Gasteiger partial charge in [-0.05, 0) is 26.9 Å². The van der Waals surface area contributed by atoms with Gasteiger partial charge in [0, 0.05) is 45.5 Å². The number of aryl methyl sites for hydroxylation is 1. The summed E-state index contributed by atoms with van der Waals surface area (Å²) < 4.78 is 6.67. The number of esters is 1. The van der Waals surface area contributed by atoms with Crippen molar-refractivity contribution in [2.75, 3.05) is 47.9 Å². The molecule has 2 heterocycles. The third kappa shape index (κ3) is 5.83. The highest BCUT2D eigenvalue weighted by Gasteiger charge is 2.27. The van der Waals surface area contributed by atoms with Crippen LogP contribution in [0.25, 0.3) is 0 Å². The summed E-state index contributed by atoms with van der Waals surface area (Å²) in [5.74, 6) is 0.773. The first-order valence-corrected chi connectivity index (χ1v) is 8.64. The van der Waals surface area contributed by atoms with E-state index < -0.39 is 0 Å². The van der Waals surface area contributed by atoms with E-state index >= 15 is 0 Å². The van der Waals surface area contributed by atoms with Gasteiger partial charge < -0.3 is 19.9 Å². The van der Waals surface area contributed by atoms with Crippen molar-refractivity contribution < 1.29 is 9.53 Å². The number of aromatic nitrogens is 2. The maximum absolute atomic E-state index is 11.7. The Labute approximate surface area is 173 Å². The number of hydrogen-bond donors (Lipinski definition) is 1. The molecule has 0 amide bonds. The molecule has 0 radical (unpaired) electrons. The average molecular weight is 478 g/mol. The van der Waals surface area contributed by atoms with E-state index in [0.29, 0.717) is 0 Å². The second kappa shape index (κ2) is 10.7. The van der Waals surface area contributed by atoms with Gasteiger partial charge in [0.05, 0.1) is 25.3 Å². The van der Waals surface area contributed by atoms with E-state index in [1.807, 2.05) is 24.1 Å². The molecule has 0 saturated carbocycles. The van der Waals surface area contributed by atoms with Crippen LogP contribution < -0.4 is 5.32 Å². The van der Waals surface area contributed by atoms with E-state index in [-0.39, 0.29) is 41.9 Å². The molecule has 0 spiro atoms. The van der Waals surface area contributed by atoms with Crippen molar-refractivity contribution in [3.05, 3.63) is 18.0 Å². The molecule has 0 aromatic carbocycles. The Morgan fingerprint density at radius 3 is 2.58 bits per heavy atom. The molecule has 0 aliphatic carbocycles. The van der Waals surface area contributed by atoms with Gasteiger partial charge in [-0.15, -0.1) is 24.0 Å². The minimum atomic E-state index is -0.105. The number of carbonyl (C=O) groups is 1. The van der Waals surface area contributed by atoms with Crippen LogP contribution >= 0.6 is 24.0 Å². The number of carbonyl (C=O) groups excluding carboxylic acids is 1. The topological polar surface area (TPSA) is 75.0 Å². The third-order valence-corrected chi connectivity index (χ3v) is 4.73. The molecule has 1 unspecified atom stereocenters. The van der Waals surface area contributed by atoms with Gasteiger partial charge in [0.15, 0.2) is 5.96 Å². The number of halogens is 1. The molecule has 1 aliphatic rings. The molecular weight excluding hydrogens is 447 g/mol. The first-order valence-electron chi connectivity index (χ1n) is 8.64. The lowest BCUT2D eigenvalue weighted by Gasteiger charge is -2.34. The molecule has 148 valence electrons. The number of piperidine rings is 1. The second-order valence-electron chi connectivity index (χ2n) is 6.64. The highest BCUT2D eigenvalue weighted by molar-refractivity contribution is 14.0. The number of ether oxygens (including phenoxy) is 1. The Hall–Kier alpha value is -1.36. The number of likely N-dealkylation sites (tertiary alicyclic amines) is 1. The van der Waals surface area contributed by atoms with Gasteiger partial charge in [0.25, 0.3) is 0 Å². The van der Waals surface area contributed by atoms with E-state index in [2.05, 4.69) is 39.3 Å². The van der Waals surface area contributed by atoms with Crippen LogP contribution in [0.15, 0.2) is 17.4 Å². The van der Waals surface area contributed by atoms with Crippen LogP contribution in [-0.4, -0.2) is 79.4 Å². The fraction of sp³-hybridized carbons (Fsp3) is 0.706. The van der Waals surface area contributed by atoms with Gasteiger partial charge in [-0.2, -0.15) is 5.10 Å². The van der Waals surface area contributed by atoms with Crippen molar-refractivity contribution in [2.24, 2.45) is 18.0 Å². The SMILES string of the molecule is CN=C(NCC(c1cnn(C)c1)N(C)C)N1CCC(C(=O)OC)CC1.I. The summed E-state index contributed by atoms with van der Waals surface area (Å²) in [6, 6.07) is 0.207. The van der Waals surface area contributed by atoms with E-state index in [1.54, 1.807) is 7.05 Å². The van der Waals surface area contributed by atoms with E-state index in [9.17, 15) is 4.79 Å². The van der Waals surface area contributed by atoms with Crippen LogP contribution in [0.4, 0.5) is 0 Å². The van der Waals surface area contributed by atoms with Gasteiger partial charge in [-0.25, -0.2) is 0 Å². The smallest absolute Gasteiger partial charge is 0.308 e. The van der Waals surface area contributed by atoms with Crippen molar-refractivity contribution in [1.29, 1.82) is 0 Å². The summed E-state index contributed by atoms with van der Waals surface area (Å²) >= 11 is 0. The third-order valence-electron chi connectivity index (χ3n) is 4.73. The van der Waals surface area contributed by atoms with Crippen LogP contribution in [0, 0.1) is 5.92 Å². The maximum Gasteiger partial charge on any atom is 0.308 e. The molecule has 8 nitrogen and oxygen atoms in total. The van der Waals surface area contributed by atoms with Crippen molar-refractivity contribution in [3.63, 3.8) is 0 Å². The zero-order valence-corrected chi connectivity index (χ0v) is 18.6. The Kier molecular flexibility index (Phi) is 9.34. The van der Waals surface area contributed by atoms with Gasteiger partial charge in [0.1, 0.15) is 0 Å². The largest absolute Gasteiger partial charge is 0.469 e. The molecule has 2 rings (SSSR count). The number of nitrogens with zero attached hydrogens (tertiary/aromatic N) is 5. The van der Waals surface area contributed by atoms with Crippen LogP contribution in [0.3, 0.4) is 0 Å². The van der Waals surface area contributed by atoms with Crippen LogP contribution in [0.1, 0.15) is 24.4 Å². The monoisotopic (exact) mass is 478 g/mol. The Morgan fingerprint density at radius 1 is 1.46 bits per heavy atom. The van der Waals surface area contributed by atoms with Gasteiger partial charge in [-0.3, -0.25) is 14.5 Å². The molecule has 1 N–H and O–H groups in total. The Balaban J connectivity index is 0.00000338. The molecule has 0 bridgehead atoms.